The van der Waals surface area contributed by atoms with E-state index in [0.717, 1.165) is 21.8 Å². The second kappa shape index (κ2) is 13.8. The summed E-state index contributed by atoms with van der Waals surface area (Å²) in [6.45, 7) is -0.0943. The first-order valence-electron chi connectivity index (χ1n) is 13.4. The SMILES string of the molecule is COc1ccccc1SCC1CC(c2ccc(CO)cc2)OC(c2ccc(NC(=O)c3c(F)c(F)c(F)c(F)c3F)cc2)O1. The topological polar surface area (TPSA) is 77.0 Å². The van der Waals surface area contributed by atoms with Gasteiger partial charge in [-0.15, -0.1) is 11.8 Å². The zero-order chi connectivity index (χ0) is 31.4. The van der Waals surface area contributed by atoms with Crippen LogP contribution in [0.2, 0.25) is 0 Å². The van der Waals surface area contributed by atoms with E-state index in [0.29, 0.717) is 17.7 Å². The molecule has 1 aliphatic rings. The van der Waals surface area contributed by atoms with Crippen LogP contribution >= 0.6 is 11.8 Å². The number of hydrogen-bond acceptors (Lipinski definition) is 6. The van der Waals surface area contributed by atoms with Crippen molar-refractivity contribution in [1.29, 1.82) is 0 Å². The molecule has 3 atom stereocenters. The molecule has 0 aromatic heterocycles. The molecule has 0 spiro atoms. The number of aliphatic hydroxyl groups excluding tert-OH is 1. The van der Waals surface area contributed by atoms with Gasteiger partial charge in [0.1, 0.15) is 11.3 Å². The first-order chi connectivity index (χ1) is 21.2. The number of anilines is 1. The van der Waals surface area contributed by atoms with Crippen LogP contribution in [-0.4, -0.2) is 30.0 Å². The minimum Gasteiger partial charge on any atom is -0.496 e. The Morgan fingerprint density at radius 3 is 2.11 bits per heavy atom. The summed E-state index contributed by atoms with van der Waals surface area (Å²) in [7, 11) is 1.60. The number of carbonyl (C=O) groups is 1. The van der Waals surface area contributed by atoms with Crippen molar-refractivity contribution in [3.05, 3.63) is 124 Å². The Kier molecular flexibility index (Phi) is 9.84. The molecule has 0 radical (unpaired) electrons. The van der Waals surface area contributed by atoms with Gasteiger partial charge in [0.25, 0.3) is 5.91 Å². The van der Waals surface area contributed by atoms with Crippen LogP contribution in [0.15, 0.2) is 77.7 Å². The Bertz CT molecular complexity index is 1610. The predicted molar refractivity (Wildman–Crippen MR) is 153 cm³/mol. The van der Waals surface area contributed by atoms with E-state index in [9.17, 15) is 31.9 Å². The highest BCUT2D eigenvalue weighted by molar-refractivity contribution is 7.99. The van der Waals surface area contributed by atoms with Crippen molar-refractivity contribution >= 4 is 23.4 Å². The molecule has 1 heterocycles. The lowest BCUT2D eigenvalue weighted by Gasteiger charge is -2.36. The number of halogens is 5. The van der Waals surface area contributed by atoms with E-state index in [4.69, 9.17) is 14.2 Å². The predicted octanol–water partition coefficient (Wildman–Crippen LogP) is 7.47. The lowest BCUT2D eigenvalue weighted by Crippen LogP contribution is -2.31. The fourth-order valence-electron chi connectivity index (χ4n) is 4.66. The van der Waals surface area contributed by atoms with Gasteiger partial charge in [-0.3, -0.25) is 4.79 Å². The summed E-state index contributed by atoms with van der Waals surface area (Å²) in [5, 5.41) is 11.6. The smallest absolute Gasteiger partial charge is 0.261 e. The van der Waals surface area contributed by atoms with Gasteiger partial charge < -0.3 is 24.6 Å². The maximum absolute atomic E-state index is 14.1. The number of carbonyl (C=O) groups excluding carboxylic acids is 1. The summed E-state index contributed by atoms with van der Waals surface area (Å²) in [4.78, 5) is 13.4. The molecule has 4 aromatic carbocycles. The molecule has 1 saturated heterocycles. The molecule has 1 amide bonds. The quantitative estimate of drug-likeness (QED) is 0.0864. The van der Waals surface area contributed by atoms with Crippen molar-refractivity contribution in [2.24, 2.45) is 0 Å². The lowest BCUT2D eigenvalue weighted by atomic mass is 10.0. The third-order valence-corrected chi connectivity index (χ3v) is 8.17. The molecule has 0 bridgehead atoms. The lowest BCUT2D eigenvalue weighted by molar-refractivity contribution is -0.245. The number of nitrogens with one attached hydrogen (secondary N) is 1. The molecular weight excluding hydrogens is 605 g/mol. The number of para-hydroxylation sites is 1. The van der Waals surface area contributed by atoms with Gasteiger partial charge in [-0.1, -0.05) is 48.5 Å². The van der Waals surface area contributed by atoms with Gasteiger partial charge in [0.05, 0.1) is 25.9 Å². The summed E-state index contributed by atoms with van der Waals surface area (Å²) in [6, 6.07) is 20.9. The van der Waals surface area contributed by atoms with Crippen molar-refractivity contribution < 1.29 is 46.1 Å². The van der Waals surface area contributed by atoms with Gasteiger partial charge in [0.15, 0.2) is 29.6 Å². The second-order valence-electron chi connectivity index (χ2n) is 9.83. The van der Waals surface area contributed by atoms with Crippen LogP contribution in [0.25, 0.3) is 0 Å². The van der Waals surface area contributed by atoms with Crippen LogP contribution in [0.1, 0.15) is 45.9 Å². The van der Waals surface area contributed by atoms with Gasteiger partial charge in [0.2, 0.25) is 5.82 Å². The molecule has 230 valence electrons. The minimum atomic E-state index is -2.35. The van der Waals surface area contributed by atoms with Gasteiger partial charge >= 0.3 is 0 Å². The van der Waals surface area contributed by atoms with E-state index in [1.54, 1.807) is 31.0 Å². The highest BCUT2D eigenvalue weighted by Crippen LogP contribution is 2.40. The second-order valence-corrected chi connectivity index (χ2v) is 10.9. The van der Waals surface area contributed by atoms with Crippen molar-refractivity contribution in [2.45, 2.75) is 36.4 Å². The van der Waals surface area contributed by atoms with E-state index in [1.165, 1.54) is 12.1 Å². The molecule has 1 aliphatic heterocycles. The largest absolute Gasteiger partial charge is 0.496 e. The Balaban J connectivity index is 1.34. The Labute approximate surface area is 253 Å². The number of amides is 1. The number of ether oxygens (including phenoxy) is 3. The number of benzene rings is 4. The highest BCUT2D eigenvalue weighted by atomic mass is 32.2. The molecule has 0 saturated carbocycles. The number of hydrogen-bond donors (Lipinski definition) is 2. The standard InChI is InChI=1S/C32H26F5NO5S/c1-41-22-4-2-3-5-24(22)44-16-21-14-23(18-8-6-17(15-39)7-9-18)43-32(42-21)19-10-12-20(13-11-19)38-31(40)25-26(33)28(35)30(37)29(36)27(25)34/h2-13,21,23,32,39H,14-16H2,1H3,(H,38,40). The minimum absolute atomic E-state index is 0.0397. The van der Waals surface area contributed by atoms with Crippen LogP contribution in [0.4, 0.5) is 27.6 Å². The molecule has 1 fully saturated rings. The first-order valence-corrected chi connectivity index (χ1v) is 14.4. The summed E-state index contributed by atoms with van der Waals surface area (Å²) < 4.78 is 86.8. The molecule has 3 unspecified atom stereocenters. The maximum atomic E-state index is 14.1. The van der Waals surface area contributed by atoms with Crippen molar-refractivity contribution in [3.63, 3.8) is 0 Å². The molecule has 2 N–H and O–H groups in total. The van der Waals surface area contributed by atoms with Gasteiger partial charge in [-0.2, -0.15) is 0 Å². The van der Waals surface area contributed by atoms with E-state index in [2.05, 4.69) is 5.32 Å². The maximum Gasteiger partial charge on any atom is 0.261 e. The monoisotopic (exact) mass is 631 g/mol. The third-order valence-electron chi connectivity index (χ3n) is 6.99. The molecule has 6 nitrogen and oxygen atoms in total. The molecule has 12 heteroatoms. The Morgan fingerprint density at radius 2 is 1.48 bits per heavy atom. The number of aliphatic hydroxyl groups is 1. The number of thioether (sulfide) groups is 1. The average Bonchev–Trinajstić information content (AvgIpc) is 3.06. The van der Waals surface area contributed by atoms with Crippen molar-refractivity contribution in [2.75, 3.05) is 18.2 Å². The molecule has 5 rings (SSSR count). The Hall–Kier alpha value is -3.97. The summed E-state index contributed by atoms with van der Waals surface area (Å²) in [6.07, 6.45) is -0.930. The van der Waals surface area contributed by atoms with Crippen LogP contribution in [0.5, 0.6) is 5.75 Å². The van der Waals surface area contributed by atoms with Gasteiger partial charge in [0, 0.05) is 28.3 Å². The normalized spacial score (nSPS) is 18.2. The third kappa shape index (κ3) is 6.73. The highest BCUT2D eigenvalue weighted by Gasteiger charge is 2.33. The van der Waals surface area contributed by atoms with Gasteiger partial charge in [-0.05, 0) is 35.4 Å². The van der Waals surface area contributed by atoms with Crippen molar-refractivity contribution in [3.8, 4) is 5.75 Å². The average molecular weight is 632 g/mol. The summed E-state index contributed by atoms with van der Waals surface area (Å²) in [5.74, 6) is -11.4. The van der Waals surface area contributed by atoms with Crippen LogP contribution in [-0.2, 0) is 16.1 Å². The molecule has 0 aliphatic carbocycles. The van der Waals surface area contributed by atoms with E-state index < -0.39 is 46.8 Å². The first kappa shape index (κ1) is 31.5. The Morgan fingerprint density at radius 1 is 0.864 bits per heavy atom. The summed E-state index contributed by atoms with van der Waals surface area (Å²) in [5.41, 5.74) is 0.648. The number of rotatable bonds is 9. The van der Waals surface area contributed by atoms with Crippen LogP contribution in [0, 0.1) is 29.1 Å². The fraction of sp³-hybridized carbons (Fsp3) is 0.219. The molecule has 4 aromatic rings. The zero-order valence-electron chi connectivity index (χ0n) is 23.2. The fourth-order valence-corrected chi connectivity index (χ4v) is 5.71. The van der Waals surface area contributed by atoms with E-state index in [1.807, 2.05) is 48.5 Å². The van der Waals surface area contributed by atoms with Gasteiger partial charge in [-0.25, -0.2) is 22.0 Å². The number of methoxy groups -OCH3 is 1. The van der Waals surface area contributed by atoms with E-state index >= 15 is 0 Å². The zero-order valence-corrected chi connectivity index (χ0v) is 24.0. The molecule has 44 heavy (non-hydrogen) atoms. The van der Waals surface area contributed by atoms with Crippen LogP contribution in [0.3, 0.4) is 0 Å². The molecular formula is C32H26F5NO5S. The van der Waals surface area contributed by atoms with Crippen LogP contribution < -0.4 is 10.1 Å². The summed E-state index contributed by atoms with van der Waals surface area (Å²) >= 11 is 1.57. The van der Waals surface area contributed by atoms with Crippen molar-refractivity contribution in [1.82, 2.24) is 0 Å². The van der Waals surface area contributed by atoms with E-state index in [-0.39, 0.29) is 24.5 Å².